The molecule has 78 heavy (non-hydrogen) atoms. The zero-order valence-corrected chi connectivity index (χ0v) is 47.4. The van der Waals surface area contributed by atoms with Crippen molar-refractivity contribution < 1.29 is 80.8 Å². The number of nitrogens with one attached hydrogen (secondary N) is 2. The number of alkyl carbamates (subject to hydrolysis) is 1. The van der Waals surface area contributed by atoms with E-state index in [0.29, 0.717) is 202 Å². The zero-order valence-electron chi connectivity index (χ0n) is 47.4. The van der Waals surface area contributed by atoms with Crippen LogP contribution in [0.15, 0.2) is 16.8 Å². The van der Waals surface area contributed by atoms with Crippen LogP contribution in [0.25, 0.3) is 6.08 Å². The Labute approximate surface area is 462 Å². The van der Waals surface area contributed by atoms with E-state index in [1.54, 1.807) is 11.1 Å². The molecule has 4 N–H and O–H groups in total. The van der Waals surface area contributed by atoms with Crippen LogP contribution in [0.5, 0.6) is 0 Å². The van der Waals surface area contributed by atoms with E-state index in [4.69, 9.17) is 67.3 Å². The average molecular weight is 1110 g/mol. The van der Waals surface area contributed by atoms with Gasteiger partial charge in [0.15, 0.2) is 0 Å². The first-order valence-corrected chi connectivity index (χ1v) is 28.1. The van der Waals surface area contributed by atoms with Crippen LogP contribution < -0.4 is 16.4 Å². The van der Waals surface area contributed by atoms with Crippen molar-refractivity contribution in [2.45, 2.75) is 117 Å². The van der Waals surface area contributed by atoms with E-state index >= 15 is 0 Å². The minimum Gasteiger partial charge on any atom is -0.460 e. The predicted molar refractivity (Wildman–Crippen MR) is 291 cm³/mol. The molecule has 24 nitrogen and oxygen atoms in total. The number of nitrogens with zero attached hydrogens (tertiary/aromatic N) is 4. The summed E-state index contributed by atoms with van der Waals surface area (Å²) in [6, 6.07) is 0. The highest BCUT2D eigenvalue weighted by molar-refractivity contribution is 6.05. The number of aryl methyl sites for hydroxylation is 1. The van der Waals surface area contributed by atoms with Gasteiger partial charge in [0.05, 0.1) is 164 Å². The third kappa shape index (κ3) is 35.3. The number of amidine groups is 1. The van der Waals surface area contributed by atoms with Crippen LogP contribution in [0.4, 0.5) is 10.5 Å². The van der Waals surface area contributed by atoms with Gasteiger partial charge in [-0.3, -0.25) is 19.1 Å². The Morgan fingerprint density at radius 2 is 1.10 bits per heavy atom. The molecule has 0 radical (unpaired) electrons. The number of hydrogen-bond donors (Lipinski definition) is 3. The summed E-state index contributed by atoms with van der Waals surface area (Å²) < 4.78 is 72.9. The molecule has 0 atom stereocenters. The molecule has 1 aliphatic carbocycles. The van der Waals surface area contributed by atoms with Crippen molar-refractivity contribution in [3.05, 3.63) is 17.5 Å². The number of carbonyl (C=O) groups is 4. The summed E-state index contributed by atoms with van der Waals surface area (Å²) in [4.78, 5) is 56.1. The first-order valence-electron chi connectivity index (χ1n) is 28.1. The fourth-order valence-electron chi connectivity index (χ4n) is 7.36. The molecule has 0 bridgehead atoms. The largest absolute Gasteiger partial charge is 0.460 e. The summed E-state index contributed by atoms with van der Waals surface area (Å²) in [6.07, 6.45) is 10.7. The van der Waals surface area contributed by atoms with Gasteiger partial charge in [0.25, 0.3) is 0 Å². The smallest absolute Gasteiger partial charge is 0.407 e. The van der Waals surface area contributed by atoms with E-state index in [9.17, 15) is 19.2 Å². The van der Waals surface area contributed by atoms with Gasteiger partial charge in [0.1, 0.15) is 23.2 Å². The SMILES string of the molecule is CCCN(CCCNC(=O)OC1CCC1)C(=O)C1=Cc2c(cnn2CCCCCNC(=O)CCOCCOCCOCCOCCOCCOCCOCCOCCOCCOCCOCCC(=O)OC(C)(C)C)N=C(N)C1. The lowest BCUT2D eigenvalue weighted by atomic mass is 9.96. The number of aliphatic imine (C=N–C) groups is 1. The Kier molecular flexibility index (Phi) is 38.7. The van der Waals surface area contributed by atoms with Crippen molar-refractivity contribution >= 4 is 41.5 Å². The minimum atomic E-state index is -0.487. The third-order valence-electron chi connectivity index (χ3n) is 11.5. The summed E-state index contributed by atoms with van der Waals surface area (Å²) in [5.41, 5.74) is 7.69. The normalized spacial score (nSPS) is 13.5. The number of ether oxygens (including phenoxy) is 13. The van der Waals surface area contributed by atoms with Crippen molar-refractivity contribution in [3.8, 4) is 0 Å². The molecule has 3 amide bonds. The Morgan fingerprint density at radius 1 is 0.628 bits per heavy atom. The fraction of sp³-hybridized carbons (Fsp3) is 0.815. The highest BCUT2D eigenvalue weighted by Gasteiger charge is 2.24. The van der Waals surface area contributed by atoms with Gasteiger partial charge in [-0.1, -0.05) is 6.92 Å². The molecule has 0 aromatic carbocycles. The second-order valence-corrected chi connectivity index (χ2v) is 19.4. The van der Waals surface area contributed by atoms with E-state index < -0.39 is 11.7 Å². The van der Waals surface area contributed by atoms with Gasteiger partial charge in [0.2, 0.25) is 11.8 Å². The lowest BCUT2D eigenvalue weighted by Crippen LogP contribution is -2.37. The standard InChI is InChI=1S/C54H95N7O17/c1-5-17-60(18-10-16-57-53(65)77-46-11-9-12-46)52(64)45-42-48-47(59-49(55)43-45)44-58-61(48)19-8-6-7-15-56-50(62)13-20-66-22-24-68-26-28-70-30-32-72-34-36-74-38-40-76-41-39-75-37-35-73-33-31-71-29-27-69-25-23-67-21-14-51(63)78-54(2,3)4/h42,44,46H,5-41,43H2,1-4H3,(H2,55,59)(H,56,62)(H,57,65). The van der Waals surface area contributed by atoms with Gasteiger partial charge >= 0.3 is 12.1 Å². The predicted octanol–water partition coefficient (Wildman–Crippen LogP) is 4.16. The van der Waals surface area contributed by atoms with Gasteiger partial charge in [-0.25, -0.2) is 9.79 Å². The zero-order chi connectivity index (χ0) is 56.2. The van der Waals surface area contributed by atoms with Crippen molar-refractivity contribution in [1.29, 1.82) is 0 Å². The molecule has 3 rings (SSSR count). The molecule has 1 aliphatic heterocycles. The van der Waals surface area contributed by atoms with Crippen LogP contribution in [0.3, 0.4) is 0 Å². The summed E-state index contributed by atoms with van der Waals surface area (Å²) in [5.74, 6) is -0.0850. The Balaban J connectivity index is 1.02. The monoisotopic (exact) mass is 1110 g/mol. The Bertz CT molecular complexity index is 1810. The lowest BCUT2D eigenvalue weighted by molar-refractivity contribution is -0.156. The molecular formula is C54H95N7O17. The van der Waals surface area contributed by atoms with Gasteiger partial charge in [-0.15, -0.1) is 0 Å². The van der Waals surface area contributed by atoms with Crippen LogP contribution in [0.2, 0.25) is 0 Å². The quantitative estimate of drug-likeness (QED) is 0.0610. The summed E-state index contributed by atoms with van der Waals surface area (Å²) >= 11 is 0. The number of amides is 3. The van der Waals surface area contributed by atoms with Crippen molar-refractivity contribution in [1.82, 2.24) is 25.3 Å². The molecule has 2 aliphatic rings. The maximum Gasteiger partial charge on any atom is 0.407 e. The van der Waals surface area contributed by atoms with Gasteiger partial charge in [-0.05, 0) is 78.2 Å². The Hall–Kier alpha value is -4.34. The topological polar surface area (TPSA) is 272 Å². The number of esters is 1. The van der Waals surface area contributed by atoms with Gasteiger partial charge in [-0.2, -0.15) is 5.10 Å². The number of nitrogens with two attached hydrogens (primary N) is 1. The number of hydrogen-bond acceptors (Lipinski definition) is 20. The van der Waals surface area contributed by atoms with Crippen molar-refractivity contribution in [2.24, 2.45) is 10.7 Å². The summed E-state index contributed by atoms with van der Waals surface area (Å²) in [5, 5.41) is 10.3. The molecule has 0 spiro atoms. The van der Waals surface area contributed by atoms with Crippen LogP contribution in [0, 0.1) is 0 Å². The molecule has 0 unspecified atom stereocenters. The molecule has 1 aromatic heterocycles. The highest BCUT2D eigenvalue weighted by Crippen LogP contribution is 2.28. The first kappa shape index (κ1) is 67.9. The molecule has 1 aromatic rings. The minimum absolute atomic E-state index is 0.0251. The Morgan fingerprint density at radius 3 is 1.56 bits per heavy atom. The van der Waals surface area contributed by atoms with E-state index in [2.05, 4.69) is 20.7 Å². The maximum absolute atomic E-state index is 13.8. The van der Waals surface area contributed by atoms with E-state index in [-0.39, 0.29) is 43.2 Å². The number of carbonyl (C=O) groups excluding carboxylic acids is 4. The third-order valence-corrected chi connectivity index (χ3v) is 11.5. The highest BCUT2D eigenvalue weighted by atomic mass is 16.6. The average Bonchev–Trinajstić information content (AvgIpc) is 3.67. The summed E-state index contributed by atoms with van der Waals surface area (Å²) in [6.45, 7) is 19.8. The summed E-state index contributed by atoms with van der Waals surface area (Å²) in [7, 11) is 0. The van der Waals surface area contributed by atoms with E-state index in [1.165, 1.54) is 0 Å². The van der Waals surface area contributed by atoms with Crippen molar-refractivity contribution in [2.75, 3.05) is 172 Å². The maximum atomic E-state index is 13.8. The number of aromatic nitrogens is 2. The number of fused-ring (bicyclic) bond motifs is 1. The van der Waals surface area contributed by atoms with Crippen LogP contribution in [0.1, 0.15) is 104 Å². The van der Waals surface area contributed by atoms with Crippen LogP contribution in [-0.2, 0) is 82.5 Å². The molecule has 1 saturated carbocycles. The second kappa shape index (κ2) is 44.4. The fourth-order valence-corrected chi connectivity index (χ4v) is 7.36. The first-order chi connectivity index (χ1) is 37.9. The number of unbranched alkanes of at least 4 members (excludes halogenated alkanes) is 2. The molecule has 24 heteroatoms. The second-order valence-electron chi connectivity index (χ2n) is 19.4. The van der Waals surface area contributed by atoms with Crippen LogP contribution in [-0.4, -0.2) is 228 Å². The lowest BCUT2D eigenvalue weighted by Gasteiger charge is -2.25. The van der Waals surface area contributed by atoms with Gasteiger partial charge < -0.3 is 82.8 Å². The van der Waals surface area contributed by atoms with Crippen LogP contribution >= 0.6 is 0 Å². The molecular weight excluding hydrogens is 1020 g/mol. The molecule has 2 heterocycles. The molecule has 1 fully saturated rings. The van der Waals surface area contributed by atoms with E-state index in [1.807, 2.05) is 38.5 Å². The van der Waals surface area contributed by atoms with E-state index in [0.717, 1.165) is 50.6 Å². The van der Waals surface area contributed by atoms with Gasteiger partial charge in [0, 0.05) is 51.1 Å². The van der Waals surface area contributed by atoms with Crippen molar-refractivity contribution in [3.63, 3.8) is 0 Å². The molecule has 0 saturated heterocycles. The number of rotatable bonds is 50. The molecule has 448 valence electrons.